The van der Waals surface area contributed by atoms with Gasteiger partial charge in [-0.2, -0.15) is 0 Å². The molecule has 0 saturated carbocycles. The average Bonchev–Trinajstić information content (AvgIpc) is 2.16. The zero-order valence-electron chi connectivity index (χ0n) is 8.77. The summed E-state index contributed by atoms with van der Waals surface area (Å²) in [7, 11) is 0. The van der Waals surface area contributed by atoms with Gasteiger partial charge >= 0.3 is 5.97 Å². The predicted molar refractivity (Wildman–Crippen MR) is 65.0 cm³/mol. The Bertz CT molecular complexity index is 382. The topological polar surface area (TPSA) is 53.4 Å². The van der Waals surface area contributed by atoms with E-state index in [4.69, 9.17) is 5.11 Å². The third kappa shape index (κ3) is 4.55. The maximum Gasteiger partial charge on any atom is 0.317 e. The van der Waals surface area contributed by atoms with Gasteiger partial charge in [-0.25, -0.2) is 0 Å². The monoisotopic (exact) mass is 284 g/mol. The van der Waals surface area contributed by atoms with Crippen LogP contribution in [0.5, 0.6) is 0 Å². The zero-order valence-corrected chi connectivity index (χ0v) is 10.4. The maximum absolute atomic E-state index is 10.6. The number of aromatic nitrogens is 1. The molecule has 1 N–H and O–H groups in total. The van der Waals surface area contributed by atoms with Crippen molar-refractivity contribution in [1.82, 2.24) is 9.88 Å². The lowest BCUT2D eigenvalue weighted by atomic mass is 10.2. The molecule has 0 atom stereocenters. The fourth-order valence-corrected chi connectivity index (χ4v) is 1.77. The van der Waals surface area contributed by atoms with E-state index in [0.29, 0.717) is 13.1 Å². The minimum atomic E-state index is -0.843. The fourth-order valence-electron chi connectivity index (χ4n) is 1.36. The van der Waals surface area contributed by atoms with Gasteiger partial charge in [-0.1, -0.05) is 6.08 Å². The van der Waals surface area contributed by atoms with Crippen molar-refractivity contribution in [3.8, 4) is 0 Å². The molecule has 0 aliphatic heterocycles. The Balaban J connectivity index is 2.66. The van der Waals surface area contributed by atoms with E-state index in [1.807, 2.05) is 6.07 Å². The number of nitrogens with zero attached hydrogens (tertiary/aromatic N) is 2. The first kappa shape index (κ1) is 12.9. The van der Waals surface area contributed by atoms with Crippen LogP contribution in [0.2, 0.25) is 0 Å². The molecule has 5 heteroatoms. The van der Waals surface area contributed by atoms with Crippen molar-refractivity contribution in [2.75, 3.05) is 13.1 Å². The van der Waals surface area contributed by atoms with Gasteiger partial charge in [0.25, 0.3) is 0 Å². The van der Waals surface area contributed by atoms with Gasteiger partial charge in [0.05, 0.1) is 6.54 Å². The van der Waals surface area contributed by atoms with Crippen LogP contribution in [0.3, 0.4) is 0 Å². The molecule has 0 fully saturated rings. The Morgan fingerprint density at radius 1 is 1.62 bits per heavy atom. The van der Waals surface area contributed by atoms with E-state index >= 15 is 0 Å². The van der Waals surface area contributed by atoms with E-state index in [-0.39, 0.29) is 6.54 Å². The highest BCUT2D eigenvalue weighted by Crippen LogP contribution is 2.11. The van der Waals surface area contributed by atoms with E-state index < -0.39 is 5.97 Å². The summed E-state index contributed by atoms with van der Waals surface area (Å²) in [6, 6.07) is 1.92. The van der Waals surface area contributed by atoms with Crippen LogP contribution < -0.4 is 0 Å². The number of aliphatic carboxylic acids is 1. The normalized spacial score (nSPS) is 10.4. The van der Waals surface area contributed by atoms with Crippen LogP contribution in [0.1, 0.15) is 5.56 Å². The molecule has 1 rings (SSSR count). The molecular formula is C11H13BrN2O2. The van der Waals surface area contributed by atoms with E-state index in [9.17, 15) is 4.79 Å². The maximum atomic E-state index is 10.6. The molecule has 0 saturated heterocycles. The van der Waals surface area contributed by atoms with E-state index in [1.165, 1.54) is 0 Å². The molecule has 0 aromatic carbocycles. The molecule has 0 unspecified atom stereocenters. The first-order chi connectivity index (χ1) is 7.61. The molecule has 0 radical (unpaired) electrons. The third-order valence-corrected chi connectivity index (χ3v) is 2.35. The van der Waals surface area contributed by atoms with Gasteiger partial charge in [-0.15, -0.1) is 6.58 Å². The van der Waals surface area contributed by atoms with Gasteiger partial charge in [-0.05, 0) is 27.6 Å². The highest BCUT2D eigenvalue weighted by Gasteiger charge is 2.08. The summed E-state index contributed by atoms with van der Waals surface area (Å²) in [6.45, 7) is 4.69. The second-order valence-corrected chi connectivity index (χ2v) is 4.28. The lowest BCUT2D eigenvalue weighted by Gasteiger charge is -2.18. The van der Waals surface area contributed by atoms with Crippen LogP contribution in [0.15, 0.2) is 35.6 Å². The van der Waals surface area contributed by atoms with Crippen molar-refractivity contribution in [3.63, 3.8) is 0 Å². The number of hydrogen-bond acceptors (Lipinski definition) is 3. The fraction of sp³-hybridized carbons (Fsp3) is 0.273. The zero-order chi connectivity index (χ0) is 12.0. The molecule has 1 aromatic rings. The molecule has 1 heterocycles. The number of pyridine rings is 1. The van der Waals surface area contributed by atoms with Crippen LogP contribution in [0.25, 0.3) is 0 Å². The SMILES string of the molecule is C=CCN(CC(=O)O)Cc1cncc(Br)c1. The summed E-state index contributed by atoms with van der Waals surface area (Å²) >= 11 is 3.32. The van der Waals surface area contributed by atoms with Gasteiger partial charge < -0.3 is 5.11 Å². The van der Waals surface area contributed by atoms with E-state index in [2.05, 4.69) is 27.5 Å². The number of carboxylic acids is 1. The highest BCUT2D eigenvalue weighted by molar-refractivity contribution is 9.10. The molecule has 1 aromatic heterocycles. The van der Waals surface area contributed by atoms with Crippen LogP contribution in [0.4, 0.5) is 0 Å². The molecule has 16 heavy (non-hydrogen) atoms. The van der Waals surface area contributed by atoms with Gasteiger partial charge in [0.2, 0.25) is 0 Å². The number of rotatable bonds is 6. The second-order valence-electron chi connectivity index (χ2n) is 3.36. The van der Waals surface area contributed by atoms with E-state index in [1.54, 1.807) is 23.4 Å². The quantitative estimate of drug-likeness (QED) is 0.811. The highest BCUT2D eigenvalue weighted by atomic mass is 79.9. The first-order valence-corrected chi connectivity index (χ1v) is 5.55. The van der Waals surface area contributed by atoms with Crippen LogP contribution in [0, 0.1) is 0 Å². The van der Waals surface area contributed by atoms with Crippen molar-refractivity contribution in [2.24, 2.45) is 0 Å². The third-order valence-electron chi connectivity index (χ3n) is 1.91. The summed E-state index contributed by atoms with van der Waals surface area (Å²) in [5.74, 6) is -0.843. The lowest BCUT2D eigenvalue weighted by Crippen LogP contribution is -2.29. The summed E-state index contributed by atoms with van der Waals surface area (Å²) in [5.41, 5.74) is 0.970. The van der Waals surface area contributed by atoms with Crippen molar-refractivity contribution >= 4 is 21.9 Å². The Morgan fingerprint density at radius 3 is 2.94 bits per heavy atom. The predicted octanol–water partition coefficient (Wildman–Crippen LogP) is 1.92. The minimum absolute atomic E-state index is 0.00146. The molecule has 0 amide bonds. The van der Waals surface area contributed by atoms with E-state index in [0.717, 1.165) is 10.0 Å². The van der Waals surface area contributed by atoms with Crippen molar-refractivity contribution in [3.05, 3.63) is 41.2 Å². The van der Waals surface area contributed by atoms with Gasteiger partial charge in [0.1, 0.15) is 0 Å². The van der Waals surface area contributed by atoms with Crippen LogP contribution in [-0.4, -0.2) is 34.0 Å². The number of carbonyl (C=O) groups is 1. The first-order valence-electron chi connectivity index (χ1n) is 4.76. The smallest absolute Gasteiger partial charge is 0.317 e. The summed E-state index contributed by atoms with van der Waals surface area (Å²) in [4.78, 5) is 16.4. The van der Waals surface area contributed by atoms with Crippen LogP contribution in [-0.2, 0) is 11.3 Å². The van der Waals surface area contributed by atoms with Crippen molar-refractivity contribution < 1.29 is 9.90 Å². The molecule has 0 aliphatic carbocycles. The van der Waals surface area contributed by atoms with Gasteiger partial charge in [0, 0.05) is 30.0 Å². The number of carboxylic acid groups (broad SMARTS) is 1. The Hall–Kier alpha value is -1.20. The largest absolute Gasteiger partial charge is 0.480 e. The lowest BCUT2D eigenvalue weighted by molar-refractivity contribution is -0.138. The number of halogens is 1. The average molecular weight is 285 g/mol. The molecule has 4 nitrogen and oxygen atoms in total. The van der Waals surface area contributed by atoms with Crippen molar-refractivity contribution in [1.29, 1.82) is 0 Å². The summed E-state index contributed by atoms with van der Waals surface area (Å²) < 4.78 is 0.888. The standard InChI is InChI=1S/C11H13BrN2O2/c1-2-3-14(8-11(15)16)7-9-4-10(12)6-13-5-9/h2,4-6H,1,3,7-8H2,(H,15,16). The number of hydrogen-bond donors (Lipinski definition) is 1. The van der Waals surface area contributed by atoms with Gasteiger partial charge in [0.15, 0.2) is 0 Å². The van der Waals surface area contributed by atoms with Crippen molar-refractivity contribution in [2.45, 2.75) is 6.54 Å². The Labute approximate surface area is 103 Å². The second kappa shape index (κ2) is 6.40. The summed E-state index contributed by atoms with van der Waals surface area (Å²) in [6.07, 6.45) is 5.11. The minimum Gasteiger partial charge on any atom is -0.480 e. The van der Waals surface area contributed by atoms with Gasteiger partial charge in [-0.3, -0.25) is 14.7 Å². The van der Waals surface area contributed by atoms with Crippen LogP contribution >= 0.6 is 15.9 Å². The molecule has 0 spiro atoms. The summed E-state index contributed by atoms with van der Waals surface area (Å²) in [5, 5.41) is 8.74. The Kier molecular flexibility index (Phi) is 5.14. The Morgan fingerprint density at radius 2 is 2.38 bits per heavy atom. The molecular weight excluding hydrogens is 272 g/mol. The molecule has 86 valence electrons. The molecule has 0 bridgehead atoms. The molecule has 0 aliphatic rings.